The standard InChI is InChI=1S/C14H18N2O2/c1-18-12-5-4-9(10-6-8-16-14(10)12)13-11(17)3-2-7-15-13/h4-6,8,11,13,15-17H,2-3,7H2,1H3. The Bertz CT molecular complexity index is 550. The van der Waals surface area contributed by atoms with Crippen molar-refractivity contribution in [3.63, 3.8) is 0 Å². The predicted molar refractivity (Wildman–Crippen MR) is 70.8 cm³/mol. The molecular formula is C14H18N2O2. The quantitative estimate of drug-likeness (QED) is 0.759. The molecule has 4 nitrogen and oxygen atoms in total. The molecule has 0 spiro atoms. The van der Waals surface area contributed by atoms with Crippen molar-refractivity contribution in [2.45, 2.75) is 25.0 Å². The van der Waals surface area contributed by atoms with Crippen molar-refractivity contribution in [1.29, 1.82) is 0 Å². The van der Waals surface area contributed by atoms with Crippen LogP contribution in [0.25, 0.3) is 10.9 Å². The number of hydrogen-bond acceptors (Lipinski definition) is 3. The van der Waals surface area contributed by atoms with Gasteiger partial charge in [0, 0.05) is 11.6 Å². The van der Waals surface area contributed by atoms with Gasteiger partial charge in [-0.25, -0.2) is 0 Å². The Balaban J connectivity index is 2.09. The van der Waals surface area contributed by atoms with Gasteiger partial charge in [-0.05, 0) is 37.1 Å². The highest BCUT2D eigenvalue weighted by Gasteiger charge is 2.26. The van der Waals surface area contributed by atoms with E-state index in [2.05, 4.69) is 10.3 Å². The number of benzene rings is 1. The first-order chi connectivity index (χ1) is 8.81. The maximum Gasteiger partial charge on any atom is 0.142 e. The van der Waals surface area contributed by atoms with Gasteiger partial charge in [-0.1, -0.05) is 6.07 Å². The van der Waals surface area contributed by atoms with Crippen molar-refractivity contribution in [3.8, 4) is 5.75 Å². The monoisotopic (exact) mass is 246 g/mol. The zero-order chi connectivity index (χ0) is 12.5. The maximum atomic E-state index is 10.1. The molecule has 2 unspecified atom stereocenters. The van der Waals surface area contributed by atoms with Gasteiger partial charge in [0.25, 0.3) is 0 Å². The van der Waals surface area contributed by atoms with Crippen LogP contribution in [0.4, 0.5) is 0 Å². The first-order valence-corrected chi connectivity index (χ1v) is 6.36. The van der Waals surface area contributed by atoms with Crippen LogP contribution >= 0.6 is 0 Å². The third-order valence-electron chi connectivity index (χ3n) is 3.70. The number of aromatic nitrogens is 1. The van der Waals surface area contributed by atoms with Crippen molar-refractivity contribution < 1.29 is 9.84 Å². The Morgan fingerprint density at radius 3 is 3.00 bits per heavy atom. The highest BCUT2D eigenvalue weighted by molar-refractivity contribution is 5.88. The van der Waals surface area contributed by atoms with Crippen molar-refractivity contribution >= 4 is 10.9 Å². The van der Waals surface area contributed by atoms with E-state index in [4.69, 9.17) is 4.74 Å². The lowest BCUT2D eigenvalue weighted by Crippen LogP contribution is -2.37. The summed E-state index contributed by atoms with van der Waals surface area (Å²) in [6.07, 6.45) is 3.48. The molecular weight excluding hydrogens is 228 g/mol. The van der Waals surface area contributed by atoms with E-state index in [1.807, 2.05) is 24.4 Å². The number of aromatic amines is 1. The molecule has 0 saturated carbocycles. The molecule has 0 amide bonds. The van der Waals surface area contributed by atoms with Gasteiger partial charge in [0.15, 0.2) is 0 Å². The zero-order valence-electron chi connectivity index (χ0n) is 10.4. The lowest BCUT2D eigenvalue weighted by atomic mass is 9.92. The van der Waals surface area contributed by atoms with E-state index in [-0.39, 0.29) is 12.1 Å². The molecule has 1 fully saturated rings. The summed E-state index contributed by atoms with van der Waals surface area (Å²) in [5.74, 6) is 0.837. The molecule has 1 aromatic heterocycles. The molecule has 1 saturated heterocycles. The minimum Gasteiger partial charge on any atom is -0.495 e. The van der Waals surface area contributed by atoms with Crippen LogP contribution < -0.4 is 10.1 Å². The molecule has 2 atom stereocenters. The SMILES string of the molecule is COc1ccc(C2NCCCC2O)c2cc[nH]c12. The number of methoxy groups -OCH3 is 1. The summed E-state index contributed by atoms with van der Waals surface area (Å²) < 4.78 is 5.34. The number of aliphatic hydroxyl groups is 1. The predicted octanol–water partition coefficient (Wildman–Crippen LogP) is 1.96. The molecule has 1 aromatic carbocycles. The smallest absolute Gasteiger partial charge is 0.142 e. The average Bonchev–Trinajstić information content (AvgIpc) is 2.88. The Morgan fingerprint density at radius 1 is 1.33 bits per heavy atom. The Morgan fingerprint density at radius 2 is 2.22 bits per heavy atom. The molecule has 2 heterocycles. The molecule has 96 valence electrons. The van der Waals surface area contributed by atoms with Crippen LogP contribution in [-0.4, -0.2) is 29.8 Å². The third-order valence-corrected chi connectivity index (χ3v) is 3.70. The lowest BCUT2D eigenvalue weighted by molar-refractivity contribution is 0.0971. The van der Waals surface area contributed by atoms with E-state index < -0.39 is 0 Å². The van der Waals surface area contributed by atoms with Crippen LogP contribution in [0.1, 0.15) is 24.4 Å². The number of rotatable bonds is 2. The highest BCUT2D eigenvalue weighted by Crippen LogP contribution is 2.33. The van der Waals surface area contributed by atoms with Crippen molar-refractivity contribution in [2.24, 2.45) is 0 Å². The minimum atomic E-state index is -0.315. The molecule has 3 rings (SSSR count). The summed E-state index contributed by atoms with van der Waals surface area (Å²) in [5.41, 5.74) is 2.13. The Hall–Kier alpha value is -1.52. The summed E-state index contributed by atoms with van der Waals surface area (Å²) in [7, 11) is 1.67. The number of H-pyrrole nitrogens is 1. The van der Waals surface area contributed by atoms with E-state index in [0.717, 1.165) is 41.6 Å². The summed E-state index contributed by atoms with van der Waals surface area (Å²) in [5, 5.41) is 14.7. The Kier molecular flexibility index (Phi) is 2.97. The fourth-order valence-corrected chi connectivity index (χ4v) is 2.78. The minimum absolute atomic E-state index is 0.0166. The van der Waals surface area contributed by atoms with Crippen molar-refractivity contribution in [3.05, 3.63) is 30.0 Å². The molecule has 0 bridgehead atoms. The zero-order valence-corrected chi connectivity index (χ0v) is 10.4. The van der Waals surface area contributed by atoms with Crippen LogP contribution in [0, 0.1) is 0 Å². The molecule has 4 heteroatoms. The number of piperidine rings is 1. The second kappa shape index (κ2) is 4.63. The molecule has 1 aliphatic rings. The molecule has 0 radical (unpaired) electrons. The first-order valence-electron chi connectivity index (χ1n) is 6.36. The fraction of sp³-hybridized carbons (Fsp3) is 0.429. The molecule has 3 N–H and O–H groups in total. The first kappa shape index (κ1) is 11.6. The van der Waals surface area contributed by atoms with Crippen LogP contribution in [0.5, 0.6) is 5.75 Å². The number of fused-ring (bicyclic) bond motifs is 1. The van der Waals surface area contributed by atoms with Crippen LogP contribution in [0.15, 0.2) is 24.4 Å². The second-order valence-electron chi connectivity index (χ2n) is 4.76. The van der Waals surface area contributed by atoms with Crippen LogP contribution in [-0.2, 0) is 0 Å². The van der Waals surface area contributed by atoms with E-state index >= 15 is 0 Å². The summed E-state index contributed by atoms with van der Waals surface area (Å²) in [6, 6.07) is 6.05. The summed E-state index contributed by atoms with van der Waals surface area (Å²) in [6.45, 7) is 0.958. The van der Waals surface area contributed by atoms with Gasteiger partial charge in [0.1, 0.15) is 5.75 Å². The van der Waals surface area contributed by atoms with E-state index in [1.165, 1.54) is 0 Å². The maximum absolute atomic E-state index is 10.1. The number of nitrogens with one attached hydrogen (secondary N) is 2. The van der Waals surface area contributed by atoms with Crippen LogP contribution in [0.3, 0.4) is 0 Å². The van der Waals surface area contributed by atoms with Crippen molar-refractivity contribution in [1.82, 2.24) is 10.3 Å². The molecule has 1 aliphatic heterocycles. The molecule has 0 aliphatic carbocycles. The molecule has 2 aromatic rings. The van der Waals surface area contributed by atoms with E-state index in [1.54, 1.807) is 7.11 Å². The number of ether oxygens (including phenoxy) is 1. The summed E-state index contributed by atoms with van der Waals surface area (Å²) >= 11 is 0. The topological polar surface area (TPSA) is 57.3 Å². The highest BCUT2D eigenvalue weighted by atomic mass is 16.5. The summed E-state index contributed by atoms with van der Waals surface area (Å²) in [4.78, 5) is 3.20. The number of hydrogen-bond donors (Lipinski definition) is 3. The van der Waals surface area contributed by atoms with Crippen LogP contribution in [0.2, 0.25) is 0 Å². The van der Waals surface area contributed by atoms with Gasteiger partial charge in [-0.15, -0.1) is 0 Å². The lowest BCUT2D eigenvalue weighted by Gasteiger charge is -2.30. The van der Waals surface area contributed by atoms with Crippen molar-refractivity contribution in [2.75, 3.05) is 13.7 Å². The largest absolute Gasteiger partial charge is 0.495 e. The van der Waals surface area contributed by atoms with E-state index in [9.17, 15) is 5.11 Å². The Labute approximate surface area is 106 Å². The average molecular weight is 246 g/mol. The van der Waals surface area contributed by atoms with Gasteiger partial charge in [-0.2, -0.15) is 0 Å². The number of aliphatic hydroxyl groups excluding tert-OH is 1. The van der Waals surface area contributed by atoms with E-state index in [0.29, 0.717) is 0 Å². The van der Waals surface area contributed by atoms with Gasteiger partial charge >= 0.3 is 0 Å². The van der Waals surface area contributed by atoms with Gasteiger partial charge in [0.2, 0.25) is 0 Å². The normalized spacial score (nSPS) is 24.3. The van der Waals surface area contributed by atoms with Gasteiger partial charge in [-0.3, -0.25) is 0 Å². The third kappa shape index (κ3) is 1.78. The fourth-order valence-electron chi connectivity index (χ4n) is 2.78. The van der Waals surface area contributed by atoms with Gasteiger partial charge in [0.05, 0.1) is 24.8 Å². The second-order valence-corrected chi connectivity index (χ2v) is 4.76. The van der Waals surface area contributed by atoms with Gasteiger partial charge < -0.3 is 20.1 Å². The molecule has 18 heavy (non-hydrogen) atoms.